The quantitative estimate of drug-likeness (QED) is 0.394. The van der Waals surface area contributed by atoms with Gasteiger partial charge in [-0.25, -0.2) is 0 Å². The van der Waals surface area contributed by atoms with Crippen molar-refractivity contribution in [3.63, 3.8) is 0 Å². The number of likely N-dealkylation sites (tertiary alicyclic amines) is 1. The van der Waals surface area contributed by atoms with E-state index >= 15 is 0 Å². The summed E-state index contributed by atoms with van der Waals surface area (Å²) in [7, 11) is 1.87. The second-order valence-corrected chi connectivity index (χ2v) is 7.14. The highest BCUT2D eigenvalue weighted by molar-refractivity contribution is 14.0. The molecule has 0 aliphatic carbocycles. The van der Waals surface area contributed by atoms with Crippen molar-refractivity contribution >= 4 is 35.6 Å². The minimum atomic E-state index is 0. The summed E-state index contributed by atoms with van der Waals surface area (Å²) in [4.78, 5) is 9.49. The van der Waals surface area contributed by atoms with Gasteiger partial charge in [0.25, 0.3) is 0 Å². The van der Waals surface area contributed by atoms with Gasteiger partial charge in [-0.3, -0.25) is 9.89 Å². The molecule has 1 aromatic rings. The molecule has 0 radical (unpaired) electrons. The van der Waals surface area contributed by atoms with Crippen LogP contribution in [0.5, 0.6) is 0 Å². The maximum Gasteiger partial charge on any atom is 0.191 e. The average Bonchev–Trinajstić information content (AvgIpc) is 3.14. The lowest BCUT2D eigenvalue weighted by Gasteiger charge is -2.35. The maximum atomic E-state index is 4.44. The first-order valence-electron chi connectivity index (χ1n) is 9.81. The van der Waals surface area contributed by atoms with E-state index in [9.17, 15) is 0 Å². The molecule has 2 heterocycles. The molecule has 2 saturated heterocycles. The number of hydrogen-bond donors (Lipinski definition) is 2. The summed E-state index contributed by atoms with van der Waals surface area (Å²) in [5.41, 5.74) is 1.32. The van der Waals surface area contributed by atoms with Gasteiger partial charge in [-0.15, -0.1) is 24.0 Å². The van der Waals surface area contributed by atoms with Crippen molar-refractivity contribution in [3.05, 3.63) is 30.3 Å². The van der Waals surface area contributed by atoms with E-state index < -0.39 is 0 Å². The van der Waals surface area contributed by atoms with Crippen LogP contribution < -0.4 is 15.5 Å². The molecule has 0 aromatic heterocycles. The number of halogens is 1. The van der Waals surface area contributed by atoms with Crippen molar-refractivity contribution in [2.24, 2.45) is 4.99 Å². The maximum absolute atomic E-state index is 4.44. The molecule has 26 heavy (non-hydrogen) atoms. The van der Waals surface area contributed by atoms with Gasteiger partial charge < -0.3 is 15.5 Å². The third-order valence-electron chi connectivity index (χ3n) is 5.53. The summed E-state index contributed by atoms with van der Waals surface area (Å²) in [6.07, 6.45) is 5.14. The Bertz CT molecular complexity index is 550. The molecule has 6 heteroatoms. The zero-order chi connectivity index (χ0) is 17.5. The third-order valence-corrected chi connectivity index (χ3v) is 5.53. The van der Waals surface area contributed by atoms with Crippen LogP contribution in [-0.2, 0) is 0 Å². The molecule has 2 N–H and O–H groups in total. The lowest BCUT2D eigenvalue weighted by molar-refractivity contribution is 0.157. The standard InChI is InChI=1S/C20H33N5.HI/c1-3-24-13-8-7-11-19(24)15-22-20(21-2)23-17-12-14-25(16-17)18-9-5-4-6-10-18;/h4-6,9-10,17,19H,3,7-8,11-16H2,1-2H3,(H2,21,22,23);1H. The van der Waals surface area contributed by atoms with E-state index in [1.807, 2.05) is 7.05 Å². The second-order valence-electron chi connectivity index (χ2n) is 7.14. The number of nitrogens with zero attached hydrogens (tertiary/aromatic N) is 3. The van der Waals surface area contributed by atoms with Crippen molar-refractivity contribution < 1.29 is 0 Å². The third kappa shape index (κ3) is 5.74. The zero-order valence-corrected chi connectivity index (χ0v) is 18.5. The summed E-state index contributed by atoms with van der Waals surface area (Å²) in [6, 6.07) is 11.8. The fourth-order valence-corrected chi connectivity index (χ4v) is 4.06. The van der Waals surface area contributed by atoms with Gasteiger partial charge in [0.15, 0.2) is 5.96 Å². The van der Waals surface area contributed by atoms with Crippen molar-refractivity contribution in [3.8, 4) is 0 Å². The number of para-hydroxylation sites is 1. The molecule has 0 bridgehead atoms. The van der Waals surface area contributed by atoms with Crippen LogP contribution in [0.1, 0.15) is 32.6 Å². The highest BCUT2D eigenvalue weighted by atomic mass is 127. The average molecular weight is 471 g/mol. The molecule has 2 aliphatic heterocycles. The van der Waals surface area contributed by atoms with E-state index in [1.165, 1.54) is 31.5 Å². The second kappa shape index (κ2) is 11.0. The van der Waals surface area contributed by atoms with Crippen molar-refractivity contribution in [1.29, 1.82) is 0 Å². The number of nitrogens with one attached hydrogen (secondary N) is 2. The SMILES string of the molecule is CCN1CCCCC1CNC(=NC)NC1CCN(c2ccccc2)C1.I. The van der Waals surface area contributed by atoms with Crippen LogP contribution >= 0.6 is 24.0 Å². The number of piperidine rings is 1. The summed E-state index contributed by atoms with van der Waals surface area (Å²) in [5.74, 6) is 0.946. The number of anilines is 1. The van der Waals surface area contributed by atoms with E-state index in [1.54, 1.807) is 0 Å². The first-order valence-corrected chi connectivity index (χ1v) is 9.81. The van der Waals surface area contributed by atoms with Crippen LogP contribution in [0.2, 0.25) is 0 Å². The van der Waals surface area contributed by atoms with Crippen LogP contribution in [-0.4, -0.2) is 62.7 Å². The summed E-state index contributed by atoms with van der Waals surface area (Å²) in [6.45, 7) is 7.78. The molecule has 2 fully saturated rings. The molecule has 0 spiro atoms. The first kappa shape index (κ1) is 21.3. The summed E-state index contributed by atoms with van der Waals surface area (Å²) >= 11 is 0. The Morgan fingerprint density at radius 1 is 1.15 bits per heavy atom. The first-order chi connectivity index (χ1) is 12.3. The van der Waals surface area contributed by atoms with Gasteiger partial charge in [0.2, 0.25) is 0 Å². The molecule has 0 saturated carbocycles. The summed E-state index contributed by atoms with van der Waals surface area (Å²) in [5, 5.41) is 7.18. The monoisotopic (exact) mass is 471 g/mol. The van der Waals surface area contributed by atoms with Gasteiger partial charge in [-0.1, -0.05) is 31.5 Å². The van der Waals surface area contributed by atoms with Gasteiger partial charge in [0.1, 0.15) is 0 Å². The minimum absolute atomic E-state index is 0. The largest absolute Gasteiger partial charge is 0.369 e. The molecule has 146 valence electrons. The minimum Gasteiger partial charge on any atom is -0.369 e. The smallest absolute Gasteiger partial charge is 0.191 e. The van der Waals surface area contributed by atoms with Crippen LogP contribution in [0, 0.1) is 0 Å². The number of guanidine groups is 1. The Hall–Kier alpha value is -1.02. The van der Waals surface area contributed by atoms with Gasteiger partial charge >= 0.3 is 0 Å². The fourth-order valence-electron chi connectivity index (χ4n) is 4.06. The number of benzene rings is 1. The number of hydrogen-bond acceptors (Lipinski definition) is 3. The fraction of sp³-hybridized carbons (Fsp3) is 0.650. The van der Waals surface area contributed by atoms with Crippen molar-refractivity contribution in [2.75, 3.05) is 44.7 Å². The number of aliphatic imine (C=N–C) groups is 1. The van der Waals surface area contributed by atoms with Gasteiger partial charge in [0.05, 0.1) is 0 Å². The summed E-state index contributed by atoms with van der Waals surface area (Å²) < 4.78 is 0. The molecule has 1 aromatic carbocycles. The van der Waals surface area contributed by atoms with Gasteiger partial charge in [-0.2, -0.15) is 0 Å². The van der Waals surface area contributed by atoms with Crippen LogP contribution in [0.15, 0.2) is 35.3 Å². The molecule has 2 atom stereocenters. The van der Waals surface area contributed by atoms with Gasteiger partial charge in [-0.05, 0) is 44.5 Å². The topological polar surface area (TPSA) is 42.9 Å². The normalized spacial score (nSPS) is 24.2. The molecule has 5 nitrogen and oxygen atoms in total. The van der Waals surface area contributed by atoms with Crippen LogP contribution in [0.4, 0.5) is 5.69 Å². The van der Waals surface area contributed by atoms with E-state index in [-0.39, 0.29) is 24.0 Å². The van der Waals surface area contributed by atoms with E-state index in [0.717, 1.165) is 38.6 Å². The molecule has 2 aliphatic rings. The zero-order valence-electron chi connectivity index (χ0n) is 16.2. The molecular weight excluding hydrogens is 437 g/mol. The van der Waals surface area contributed by atoms with Crippen molar-refractivity contribution in [2.45, 2.75) is 44.7 Å². The molecule has 0 amide bonds. The Morgan fingerprint density at radius 2 is 1.96 bits per heavy atom. The van der Waals surface area contributed by atoms with Crippen LogP contribution in [0.25, 0.3) is 0 Å². The van der Waals surface area contributed by atoms with Crippen molar-refractivity contribution in [1.82, 2.24) is 15.5 Å². The lowest BCUT2D eigenvalue weighted by Crippen LogP contribution is -2.51. The highest BCUT2D eigenvalue weighted by Gasteiger charge is 2.24. The molecule has 3 rings (SSSR count). The van der Waals surface area contributed by atoms with E-state index in [0.29, 0.717) is 12.1 Å². The van der Waals surface area contributed by atoms with Gasteiger partial charge in [0, 0.05) is 44.5 Å². The predicted molar refractivity (Wildman–Crippen MR) is 122 cm³/mol. The Labute approximate surface area is 175 Å². The highest BCUT2D eigenvalue weighted by Crippen LogP contribution is 2.19. The lowest BCUT2D eigenvalue weighted by atomic mass is 10.0. The Morgan fingerprint density at radius 3 is 2.69 bits per heavy atom. The Balaban J connectivity index is 0.00000243. The Kier molecular flexibility index (Phi) is 8.98. The molecule has 2 unspecified atom stereocenters. The predicted octanol–water partition coefficient (Wildman–Crippen LogP) is 2.92. The van der Waals surface area contributed by atoms with Crippen LogP contribution in [0.3, 0.4) is 0 Å². The number of rotatable bonds is 5. The molecular formula is C20H34IN5. The van der Waals surface area contributed by atoms with E-state index in [2.05, 4.69) is 62.7 Å². The van der Waals surface area contributed by atoms with E-state index in [4.69, 9.17) is 0 Å². The number of likely N-dealkylation sites (N-methyl/N-ethyl adjacent to an activating group) is 1.